The van der Waals surface area contributed by atoms with E-state index >= 15 is 0 Å². The number of morpholine rings is 1. The van der Waals surface area contributed by atoms with Gasteiger partial charge >= 0.3 is 0 Å². The Balaban J connectivity index is 2.07. The van der Waals surface area contributed by atoms with Gasteiger partial charge in [0.25, 0.3) is 10.2 Å². The lowest BCUT2D eigenvalue weighted by atomic mass is 10.5. The molecule has 0 radical (unpaired) electrons. The van der Waals surface area contributed by atoms with Crippen molar-refractivity contribution in [3.63, 3.8) is 0 Å². The van der Waals surface area contributed by atoms with E-state index in [2.05, 4.69) is 15.9 Å². The van der Waals surface area contributed by atoms with Crippen LogP contribution in [-0.4, -0.2) is 61.2 Å². The number of hydrogen-bond acceptors (Lipinski definition) is 3. The number of rotatable bonds is 5. The van der Waals surface area contributed by atoms with Crippen molar-refractivity contribution in [2.75, 3.05) is 38.2 Å². The summed E-state index contributed by atoms with van der Waals surface area (Å²) in [4.78, 5) is 0. The topological polar surface area (TPSA) is 49.9 Å². The molecule has 0 amide bonds. The van der Waals surface area contributed by atoms with Crippen LogP contribution < -0.4 is 0 Å². The Hall–Kier alpha value is 0.310. The second-order valence-electron chi connectivity index (χ2n) is 4.05. The summed E-state index contributed by atoms with van der Waals surface area (Å²) in [6.45, 7) is 2.53. The smallest absolute Gasteiger partial charge is 0.282 e. The standard InChI is InChI=1S/C9H17BrN2O3S/c10-3-4-12(9-1-2-9)16(13,14)11-5-7-15-8-6-11/h9H,1-8H2. The summed E-state index contributed by atoms with van der Waals surface area (Å²) in [5.74, 6) is 0. The molecule has 0 spiro atoms. The van der Waals surface area contributed by atoms with Gasteiger partial charge in [-0.25, -0.2) is 0 Å². The third kappa shape index (κ3) is 2.76. The van der Waals surface area contributed by atoms with Gasteiger partial charge in [0.2, 0.25) is 0 Å². The maximum Gasteiger partial charge on any atom is 0.282 e. The first-order chi connectivity index (χ1) is 7.66. The molecule has 0 bridgehead atoms. The predicted molar refractivity (Wildman–Crippen MR) is 64.8 cm³/mol. The molecule has 0 N–H and O–H groups in total. The summed E-state index contributed by atoms with van der Waals surface area (Å²) in [5.41, 5.74) is 0. The first-order valence-corrected chi connectivity index (χ1v) is 8.08. The first-order valence-electron chi connectivity index (χ1n) is 5.57. The number of alkyl halides is 1. The second-order valence-corrected chi connectivity index (χ2v) is 6.72. The van der Waals surface area contributed by atoms with Crippen molar-refractivity contribution in [3.8, 4) is 0 Å². The monoisotopic (exact) mass is 312 g/mol. The molecule has 16 heavy (non-hydrogen) atoms. The van der Waals surface area contributed by atoms with E-state index in [1.54, 1.807) is 4.31 Å². The zero-order valence-electron chi connectivity index (χ0n) is 9.14. The quantitative estimate of drug-likeness (QED) is 0.691. The molecule has 0 atom stereocenters. The van der Waals surface area contributed by atoms with Gasteiger partial charge in [-0.15, -0.1) is 0 Å². The molecule has 1 aliphatic heterocycles. The van der Waals surface area contributed by atoms with Crippen molar-refractivity contribution in [2.24, 2.45) is 0 Å². The highest BCUT2D eigenvalue weighted by atomic mass is 79.9. The molecule has 1 saturated heterocycles. The van der Waals surface area contributed by atoms with Crippen LogP contribution in [0, 0.1) is 0 Å². The third-order valence-electron chi connectivity index (χ3n) is 2.85. The minimum absolute atomic E-state index is 0.227. The highest BCUT2D eigenvalue weighted by Gasteiger charge is 2.40. The van der Waals surface area contributed by atoms with Crippen LogP contribution in [0.3, 0.4) is 0 Å². The normalized spacial score (nSPS) is 23.9. The Kier molecular flexibility index (Phi) is 4.23. The summed E-state index contributed by atoms with van der Waals surface area (Å²) in [7, 11) is -3.27. The zero-order valence-corrected chi connectivity index (χ0v) is 11.5. The van der Waals surface area contributed by atoms with E-state index in [9.17, 15) is 8.42 Å². The number of halogens is 1. The Bertz CT molecular complexity index is 326. The van der Waals surface area contributed by atoms with Crippen LogP contribution in [0.5, 0.6) is 0 Å². The molecular weight excluding hydrogens is 296 g/mol. The van der Waals surface area contributed by atoms with Gasteiger partial charge in [0.1, 0.15) is 0 Å². The summed E-state index contributed by atoms with van der Waals surface area (Å²) in [5, 5.41) is 0.688. The van der Waals surface area contributed by atoms with E-state index in [0.29, 0.717) is 38.2 Å². The predicted octanol–water partition coefficient (Wildman–Crippen LogP) is 0.423. The molecule has 2 rings (SSSR count). The van der Waals surface area contributed by atoms with E-state index in [4.69, 9.17) is 4.74 Å². The van der Waals surface area contributed by atoms with Gasteiger partial charge in [0.05, 0.1) is 13.2 Å². The Morgan fingerprint density at radius 1 is 1.31 bits per heavy atom. The minimum Gasteiger partial charge on any atom is -0.379 e. The van der Waals surface area contributed by atoms with Crippen LogP contribution >= 0.6 is 15.9 Å². The molecule has 0 aromatic heterocycles. The van der Waals surface area contributed by atoms with Gasteiger partial charge < -0.3 is 4.74 Å². The van der Waals surface area contributed by atoms with E-state index in [1.165, 1.54) is 4.31 Å². The van der Waals surface area contributed by atoms with Gasteiger partial charge in [-0.2, -0.15) is 17.0 Å². The molecule has 0 unspecified atom stereocenters. The van der Waals surface area contributed by atoms with Crippen LogP contribution in [0.15, 0.2) is 0 Å². The SMILES string of the molecule is O=S(=O)(N1CCOCC1)N(CCBr)C1CC1. The van der Waals surface area contributed by atoms with Crippen LogP contribution in [0.2, 0.25) is 0 Å². The Morgan fingerprint density at radius 3 is 2.44 bits per heavy atom. The molecule has 94 valence electrons. The van der Waals surface area contributed by atoms with Crippen LogP contribution in [-0.2, 0) is 14.9 Å². The molecule has 0 aromatic rings. The molecule has 5 nitrogen and oxygen atoms in total. The maximum absolute atomic E-state index is 12.3. The third-order valence-corrected chi connectivity index (χ3v) is 5.30. The van der Waals surface area contributed by atoms with Crippen molar-refractivity contribution in [3.05, 3.63) is 0 Å². The fourth-order valence-corrected chi connectivity index (χ4v) is 4.29. The largest absolute Gasteiger partial charge is 0.379 e. The van der Waals surface area contributed by atoms with Gasteiger partial charge in [-0.3, -0.25) is 0 Å². The zero-order chi connectivity index (χ0) is 11.6. The number of hydrogen-bond donors (Lipinski definition) is 0. The molecule has 1 heterocycles. The van der Waals surface area contributed by atoms with Gasteiger partial charge in [0, 0.05) is 31.0 Å². The van der Waals surface area contributed by atoms with Gasteiger partial charge in [0.15, 0.2) is 0 Å². The van der Waals surface area contributed by atoms with Crippen LogP contribution in [0.1, 0.15) is 12.8 Å². The highest BCUT2D eigenvalue weighted by molar-refractivity contribution is 9.09. The maximum atomic E-state index is 12.3. The fraction of sp³-hybridized carbons (Fsp3) is 1.00. The first kappa shape index (κ1) is 12.8. The van der Waals surface area contributed by atoms with E-state index in [-0.39, 0.29) is 6.04 Å². The average Bonchev–Trinajstić information content (AvgIpc) is 3.11. The van der Waals surface area contributed by atoms with Crippen LogP contribution in [0.25, 0.3) is 0 Å². The summed E-state index contributed by atoms with van der Waals surface area (Å²) >= 11 is 3.31. The molecule has 1 saturated carbocycles. The molecule has 7 heteroatoms. The average molecular weight is 313 g/mol. The Labute approximate surface area is 105 Å². The van der Waals surface area contributed by atoms with E-state index < -0.39 is 10.2 Å². The molecular formula is C9H17BrN2O3S. The lowest BCUT2D eigenvalue weighted by Crippen LogP contribution is -2.49. The summed E-state index contributed by atoms with van der Waals surface area (Å²) in [6, 6.07) is 0.227. The van der Waals surface area contributed by atoms with Crippen molar-refractivity contribution >= 4 is 26.1 Å². The van der Waals surface area contributed by atoms with Gasteiger partial charge in [-0.05, 0) is 12.8 Å². The van der Waals surface area contributed by atoms with Crippen LogP contribution in [0.4, 0.5) is 0 Å². The highest BCUT2D eigenvalue weighted by Crippen LogP contribution is 2.30. The van der Waals surface area contributed by atoms with E-state index in [1.807, 2.05) is 0 Å². The van der Waals surface area contributed by atoms with Crippen molar-refractivity contribution < 1.29 is 13.2 Å². The van der Waals surface area contributed by atoms with E-state index in [0.717, 1.165) is 12.8 Å². The van der Waals surface area contributed by atoms with Crippen molar-refractivity contribution in [1.29, 1.82) is 0 Å². The van der Waals surface area contributed by atoms with Crippen molar-refractivity contribution in [2.45, 2.75) is 18.9 Å². The number of ether oxygens (including phenoxy) is 1. The van der Waals surface area contributed by atoms with Gasteiger partial charge in [-0.1, -0.05) is 15.9 Å². The summed E-state index contributed by atoms with van der Waals surface area (Å²) in [6.07, 6.45) is 1.99. The fourth-order valence-electron chi connectivity index (χ4n) is 1.86. The molecule has 1 aliphatic carbocycles. The second kappa shape index (κ2) is 5.30. The summed E-state index contributed by atoms with van der Waals surface area (Å²) < 4.78 is 33.0. The molecule has 0 aromatic carbocycles. The molecule has 2 fully saturated rings. The molecule has 2 aliphatic rings. The minimum atomic E-state index is -3.27. The Morgan fingerprint density at radius 2 is 1.94 bits per heavy atom. The lowest BCUT2D eigenvalue weighted by Gasteiger charge is -2.31. The number of nitrogens with zero attached hydrogens (tertiary/aromatic N) is 2. The van der Waals surface area contributed by atoms with Crippen molar-refractivity contribution in [1.82, 2.24) is 8.61 Å². The lowest BCUT2D eigenvalue weighted by molar-refractivity contribution is 0.0701.